The van der Waals surface area contributed by atoms with Crippen LogP contribution in [0.5, 0.6) is 0 Å². The second-order valence-corrected chi connectivity index (χ2v) is 4.10. The van der Waals surface area contributed by atoms with Crippen molar-refractivity contribution < 1.29 is 4.74 Å². The van der Waals surface area contributed by atoms with Crippen LogP contribution in [0.15, 0.2) is 30.3 Å². The minimum absolute atomic E-state index is 0.440. The number of pyridine rings is 1. The largest absolute Gasteiger partial charge is 0.373 e. The molecule has 0 bridgehead atoms. The molecule has 1 aromatic carbocycles. The number of ether oxygens (including phenoxy) is 1. The van der Waals surface area contributed by atoms with E-state index in [1.807, 2.05) is 13.0 Å². The van der Waals surface area contributed by atoms with Gasteiger partial charge < -0.3 is 4.74 Å². The Balaban J connectivity index is 2.16. The molecule has 0 N–H and O–H groups in total. The van der Waals surface area contributed by atoms with Crippen LogP contribution in [0.1, 0.15) is 11.3 Å². The van der Waals surface area contributed by atoms with E-state index in [1.54, 1.807) is 0 Å². The molecule has 1 saturated heterocycles. The Morgan fingerprint density at radius 1 is 1.40 bits per heavy atom. The maximum absolute atomic E-state index is 5.28. The number of aromatic nitrogens is 1. The van der Waals surface area contributed by atoms with E-state index >= 15 is 0 Å². The first-order valence-electron chi connectivity index (χ1n) is 5.30. The molecule has 3 rings (SSSR count). The molecule has 76 valence electrons. The Hall–Kier alpha value is -1.41. The van der Waals surface area contributed by atoms with Crippen molar-refractivity contribution in [2.75, 3.05) is 6.61 Å². The van der Waals surface area contributed by atoms with Crippen molar-refractivity contribution in [1.29, 1.82) is 0 Å². The second kappa shape index (κ2) is 3.31. The molecule has 1 atom stereocenters. The number of epoxide rings is 1. The van der Waals surface area contributed by atoms with Crippen molar-refractivity contribution in [3.63, 3.8) is 0 Å². The first-order valence-corrected chi connectivity index (χ1v) is 5.30. The summed E-state index contributed by atoms with van der Waals surface area (Å²) in [6.45, 7) is 2.96. The van der Waals surface area contributed by atoms with E-state index in [9.17, 15) is 0 Å². The summed E-state index contributed by atoms with van der Waals surface area (Å²) in [6, 6.07) is 10.5. The molecule has 0 saturated carbocycles. The Labute approximate surface area is 88.9 Å². The third kappa shape index (κ3) is 1.73. The number of fused-ring (bicyclic) bond motifs is 1. The first-order chi connectivity index (χ1) is 7.33. The van der Waals surface area contributed by atoms with Gasteiger partial charge in [-0.1, -0.05) is 18.2 Å². The summed E-state index contributed by atoms with van der Waals surface area (Å²) < 4.78 is 5.28. The van der Waals surface area contributed by atoms with Gasteiger partial charge in [0.2, 0.25) is 0 Å². The topological polar surface area (TPSA) is 25.4 Å². The summed E-state index contributed by atoms with van der Waals surface area (Å²) in [6.07, 6.45) is 1.46. The fraction of sp³-hybridized carbons (Fsp3) is 0.308. The number of hydrogen-bond acceptors (Lipinski definition) is 2. The molecule has 0 spiro atoms. The maximum atomic E-state index is 5.28. The Bertz CT molecular complexity index is 503. The third-order valence-corrected chi connectivity index (χ3v) is 2.78. The van der Waals surface area contributed by atoms with E-state index in [4.69, 9.17) is 4.74 Å². The molecule has 0 amide bonds. The summed E-state index contributed by atoms with van der Waals surface area (Å²) in [7, 11) is 0. The van der Waals surface area contributed by atoms with Gasteiger partial charge in [0, 0.05) is 17.5 Å². The Morgan fingerprint density at radius 3 is 3.00 bits per heavy atom. The average Bonchev–Trinajstić information content (AvgIpc) is 3.01. The van der Waals surface area contributed by atoms with Crippen LogP contribution in [0.2, 0.25) is 0 Å². The van der Waals surface area contributed by atoms with Crippen LogP contribution in [0.4, 0.5) is 0 Å². The van der Waals surface area contributed by atoms with E-state index in [-0.39, 0.29) is 0 Å². The molecule has 1 fully saturated rings. The van der Waals surface area contributed by atoms with Gasteiger partial charge in [-0.05, 0) is 24.6 Å². The zero-order valence-corrected chi connectivity index (χ0v) is 8.73. The fourth-order valence-corrected chi connectivity index (χ4v) is 1.99. The number of para-hydroxylation sites is 1. The van der Waals surface area contributed by atoms with E-state index in [1.165, 1.54) is 10.9 Å². The molecular weight excluding hydrogens is 186 g/mol. The quantitative estimate of drug-likeness (QED) is 0.694. The van der Waals surface area contributed by atoms with Gasteiger partial charge in [-0.25, -0.2) is 0 Å². The van der Waals surface area contributed by atoms with Crippen molar-refractivity contribution in [1.82, 2.24) is 4.98 Å². The highest BCUT2D eigenvalue weighted by Gasteiger charge is 2.23. The zero-order valence-electron chi connectivity index (χ0n) is 8.73. The van der Waals surface area contributed by atoms with Crippen LogP contribution in [-0.2, 0) is 11.2 Å². The van der Waals surface area contributed by atoms with Gasteiger partial charge in [-0.15, -0.1) is 0 Å². The van der Waals surface area contributed by atoms with Gasteiger partial charge in [0.05, 0.1) is 18.2 Å². The lowest BCUT2D eigenvalue weighted by Crippen LogP contribution is -1.96. The summed E-state index contributed by atoms with van der Waals surface area (Å²) in [5.74, 6) is 0. The average molecular weight is 199 g/mol. The first kappa shape index (κ1) is 8.86. The third-order valence-electron chi connectivity index (χ3n) is 2.78. The van der Waals surface area contributed by atoms with Crippen molar-refractivity contribution in [3.8, 4) is 0 Å². The van der Waals surface area contributed by atoms with Crippen LogP contribution in [0.25, 0.3) is 10.9 Å². The second-order valence-electron chi connectivity index (χ2n) is 4.10. The number of aryl methyl sites for hydroxylation is 1. The molecule has 1 aliphatic rings. The van der Waals surface area contributed by atoms with Gasteiger partial charge in [-0.2, -0.15) is 0 Å². The number of hydrogen-bond donors (Lipinski definition) is 0. The summed E-state index contributed by atoms with van der Waals surface area (Å²) in [5.41, 5.74) is 3.54. The van der Waals surface area contributed by atoms with E-state index < -0.39 is 0 Å². The minimum atomic E-state index is 0.440. The molecule has 1 aliphatic heterocycles. The smallest absolute Gasteiger partial charge is 0.0850 e. The molecule has 0 aliphatic carbocycles. The lowest BCUT2D eigenvalue weighted by atomic mass is 10.0. The molecule has 0 radical (unpaired) electrons. The summed E-state index contributed by atoms with van der Waals surface area (Å²) >= 11 is 0. The molecule has 15 heavy (non-hydrogen) atoms. The van der Waals surface area contributed by atoms with Gasteiger partial charge in [0.15, 0.2) is 0 Å². The highest BCUT2D eigenvalue weighted by Crippen LogP contribution is 2.23. The van der Waals surface area contributed by atoms with Crippen molar-refractivity contribution in [3.05, 3.63) is 41.6 Å². The van der Waals surface area contributed by atoms with Crippen LogP contribution in [-0.4, -0.2) is 17.7 Å². The lowest BCUT2D eigenvalue weighted by Gasteiger charge is -2.05. The van der Waals surface area contributed by atoms with E-state index in [0.717, 1.165) is 24.2 Å². The Kier molecular flexibility index (Phi) is 1.96. The monoisotopic (exact) mass is 199 g/mol. The Morgan fingerprint density at radius 2 is 2.20 bits per heavy atom. The highest BCUT2D eigenvalue weighted by atomic mass is 16.6. The van der Waals surface area contributed by atoms with Gasteiger partial charge >= 0.3 is 0 Å². The highest BCUT2D eigenvalue weighted by molar-refractivity contribution is 5.82. The van der Waals surface area contributed by atoms with E-state index in [0.29, 0.717) is 6.10 Å². The number of benzene rings is 1. The van der Waals surface area contributed by atoms with Crippen molar-refractivity contribution >= 4 is 10.9 Å². The molecule has 1 unspecified atom stereocenters. The number of rotatable bonds is 2. The van der Waals surface area contributed by atoms with Crippen molar-refractivity contribution in [2.45, 2.75) is 19.4 Å². The predicted octanol–water partition coefficient (Wildman–Crippen LogP) is 2.48. The normalized spacial score (nSPS) is 19.4. The van der Waals surface area contributed by atoms with Gasteiger partial charge in [0.1, 0.15) is 0 Å². The SMILES string of the molecule is Cc1cc(CC2CO2)c2ccccc2n1. The molecule has 2 nitrogen and oxygen atoms in total. The summed E-state index contributed by atoms with van der Waals surface area (Å²) in [4.78, 5) is 4.52. The lowest BCUT2D eigenvalue weighted by molar-refractivity contribution is 0.408. The molecule has 2 heterocycles. The zero-order chi connectivity index (χ0) is 10.3. The maximum Gasteiger partial charge on any atom is 0.0850 e. The molecule has 2 aromatic rings. The molecular formula is C13H13NO. The van der Waals surface area contributed by atoms with Crippen LogP contribution < -0.4 is 0 Å². The predicted molar refractivity (Wildman–Crippen MR) is 59.9 cm³/mol. The van der Waals surface area contributed by atoms with Crippen molar-refractivity contribution in [2.24, 2.45) is 0 Å². The van der Waals surface area contributed by atoms with Gasteiger partial charge in [-0.3, -0.25) is 4.98 Å². The minimum Gasteiger partial charge on any atom is -0.373 e. The fourth-order valence-electron chi connectivity index (χ4n) is 1.99. The van der Waals surface area contributed by atoms with Crippen LogP contribution in [0.3, 0.4) is 0 Å². The standard InChI is InChI=1S/C13H13NO/c1-9-6-10(7-11-8-15-11)12-4-2-3-5-13(12)14-9/h2-6,11H,7-8H2,1H3. The van der Waals surface area contributed by atoms with Gasteiger partial charge in [0.25, 0.3) is 0 Å². The van der Waals surface area contributed by atoms with E-state index in [2.05, 4.69) is 29.2 Å². The van der Waals surface area contributed by atoms with Crippen LogP contribution >= 0.6 is 0 Å². The molecule has 2 heteroatoms. The number of nitrogens with zero attached hydrogens (tertiary/aromatic N) is 1. The van der Waals surface area contributed by atoms with Crippen LogP contribution in [0, 0.1) is 6.92 Å². The summed E-state index contributed by atoms with van der Waals surface area (Å²) in [5, 5.41) is 1.26. The molecule has 1 aromatic heterocycles.